The van der Waals surface area contributed by atoms with Crippen LogP contribution in [0.1, 0.15) is 44.1 Å². The molecule has 4 aromatic rings. The molecular weight excluding hydrogens is 640 g/mol. The molecule has 2 N–H and O–H groups in total. The molecule has 1 aliphatic carbocycles. The minimum Gasteiger partial charge on any atom is -0.461 e. The van der Waals surface area contributed by atoms with Gasteiger partial charge in [0.2, 0.25) is 0 Å². The number of H-pyrrole nitrogens is 1. The van der Waals surface area contributed by atoms with Crippen molar-refractivity contribution in [3.05, 3.63) is 40.6 Å². The fraction of sp³-hybridized carbons (Fsp3) is 0.545. The van der Waals surface area contributed by atoms with Crippen LogP contribution in [0.2, 0.25) is 5.02 Å². The van der Waals surface area contributed by atoms with E-state index in [1.54, 1.807) is 11.0 Å². The summed E-state index contributed by atoms with van der Waals surface area (Å²) in [5.41, 5.74) is -1.41. The molecule has 47 heavy (non-hydrogen) atoms. The number of anilines is 1. The van der Waals surface area contributed by atoms with Crippen molar-refractivity contribution in [2.75, 3.05) is 57.6 Å². The molecule has 2 unspecified atom stereocenters. The Hall–Kier alpha value is -3.26. The topological polar surface area (TPSA) is 99.6 Å². The minimum absolute atomic E-state index is 0.0148. The van der Waals surface area contributed by atoms with Gasteiger partial charge in [0.15, 0.2) is 5.82 Å². The Morgan fingerprint density at radius 1 is 1.19 bits per heavy atom. The number of rotatable bonds is 7. The summed E-state index contributed by atoms with van der Waals surface area (Å²) < 4.78 is 73.7. The minimum atomic E-state index is -1.86. The number of benzene rings is 2. The first kappa shape index (κ1) is 31.0. The molecule has 250 valence electrons. The molecule has 2 aromatic heterocycles. The van der Waals surface area contributed by atoms with Crippen molar-refractivity contribution in [1.29, 1.82) is 0 Å². The SMILES string of the molecule is C[C@@H]1CC1c1c(Cl)cc2[nH]ncc2c1-c1c(F)cc2c(N3CCOCC(O)(CF)C3)nc(OC[C@@]34CCCN3C[C@H](F)C4)nc2c1F. The predicted octanol–water partition coefficient (Wildman–Crippen LogP) is 5.72. The molecule has 0 radical (unpaired) electrons. The second kappa shape index (κ2) is 11.4. The molecule has 2 aromatic carbocycles. The van der Waals surface area contributed by atoms with Gasteiger partial charge in [0.05, 0.1) is 42.6 Å². The summed E-state index contributed by atoms with van der Waals surface area (Å²) in [5, 5.41) is 18.8. The Balaban J connectivity index is 1.31. The summed E-state index contributed by atoms with van der Waals surface area (Å²) in [6.07, 6.45) is 3.32. The summed E-state index contributed by atoms with van der Waals surface area (Å²) in [5.74, 6) is -1.44. The summed E-state index contributed by atoms with van der Waals surface area (Å²) in [4.78, 5) is 12.7. The first-order valence-electron chi connectivity index (χ1n) is 16.1. The van der Waals surface area contributed by atoms with Crippen LogP contribution in [0.25, 0.3) is 32.9 Å². The molecule has 4 fully saturated rings. The smallest absolute Gasteiger partial charge is 0.319 e. The third kappa shape index (κ3) is 5.21. The van der Waals surface area contributed by atoms with Gasteiger partial charge in [-0.15, -0.1) is 0 Å². The molecule has 4 aliphatic rings. The molecule has 0 spiro atoms. The maximum Gasteiger partial charge on any atom is 0.319 e. The van der Waals surface area contributed by atoms with Crippen molar-refractivity contribution in [2.45, 2.75) is 55.8 Å². The molecule has 5 atom stereocenters. The van der Waals surface area contributed by atoms with Gasteiger partial charge < -0.3 is 19.5 Å². The van der Waals surface area contributed by atoms with Crippen LogP contribution in [0.5, 0.6) is 6.01 Å². The molecule has 5 heterocycles. The molecule has 1 saturated carbocycles. The summed E-state index contributed by atoms with van der Waals surface area (Å²) in [7, 11) is 0. The van der Waals surface area contributed by atoms with E-state index in [0.717, 1.165) is 25.8 Å². The first-order chi connectivity index (χ1) is 22.6. The van der Waals surface area contributed by atoms with E-state index in [-0.39, 0.29) is 73.0 Å². The van der Waals surface area contributed by atoms with E-state index < -0.39 is 35.6 Å². The van der Waals surface area contributed by atoms with Gasteiger partial charge in [0.1, 0.15) is 42.2 Å². The van der Waals surface area contributed by atoms with Gasteiger partial charge in [-0.05, 0) is 55.3 Å². The number of alkyl halides is 2. The second-order valence-corrected chi connectivity index (χ2v) is 14.2. The molecule has 3 aliphatic heterocycles. The Labute approximate surface area is 273 Å². The zero-order chi connectivity index (χ0) is 32.7. The van der Waals surface area contributed by atoms with E-state index in [1.807, 2.05) is 0 Å². The molecule has 8 rings (SSSR count). The average Bonchev–Trinajstić information content (AvgIpc) is 3.29. The third-order valence-corrected chi connectivity index (χ3v) is 10.8. The fourth-order valence-corrected chi connectivity index (χ4v) is 8.30. The molecular formula is C33H35ClF4N6O3. The summed E-state index contributed by atoms with van der Waals surface area (Å²) in [6, 6.07) is 2.71. The van der Waals surface area contributed by atoms with E-state index in [9.17, 15) is 13.9 Å². The number of nitrogens with one attached hydrogen (secondary N) is 1. The quantitative estimate of drug-likeness (QED) is 0.240. The highest BCUT2D eigenvalue weighted by atomic mass is 35.5. The molecule has 0 bridgehead atoms. The number of β-amino-alcohol motifs (C(OH)–C–C–N with tert-alkyl or cyclic N) is 1. The molecule has 9 nitrogen and oxygen atoms in total. The second-order valence-electron chi connectivity index (χ2n) is 13.8. The Morgan fingerprint density at radius 2 is 2.02 bits per heavy atom. The van der Waals surface area contributed by atoms with Gasteiger partial charge in [-0.2, -0.15) is 15.1 Å². The van der Waals surface area contributed by atoms with Gasteiger partial charge in [0, 0.05) is 40.9 Å². The van der Waals surface area contributed by atoms with Gasteiger partial charge >= 0.3 is 6.01 Å². The van der Waals surface area contributed by atoms with Crippen molar-refractivity contribution >= 4 is 39.2 Å². The van der Waals surface area contributed by atoms with Crippen LogP contribution < -0.4 is 9.64 Å². The number of aromatic amines is 1. The number of aromatic nitrogens is 4. The summed E-state index contributed by atoms with van der Waals surface area (Å²) in [6.45, 7) is 1.91. The van der Waals surface area contributed by atoms with Crippen LogP contribution in [0.3, 0.4) is 0 Å². The highest BCUT2D eigenvalue weighted by Gasteiger charge is 2.49. The lowest BCUT2D eigenvalue weighted by Crippen LogP contribution is -2.46. The number of fused-ring (bicyclic) bond motifs is 3. The number of aliphatic hydroxyl groups is 1. The van der Waals surface area contributed by atoms with E-state index in [0.29, 0.717) is 40.0 Å². The van der Waals surface area contributed by atoms with Gasteiger partial charge in [0.25, 0.3) is 0 Å². The van der Waals surface area contributed by atoms with Crippen molar-refractivity contribution in [1.82, 2.24) is 25.1 Å². The average molecular weight is 675 g/mol. The van der Waals surface area contributed by atoms with Gasteiger partial charge in [-0.25, -0.2) is 17.6 Å². The number of nitrogens with zero attached hydrogens (tertiary/aromatic N) is 5. The number of hydrogen-bond donors (Lipinski definition) is 2. The third-order valence-electron chi connectivity index (χ3n) is 10.4. The standard InChI is InChI=1S/C33H35ClF4N6O3/c1-17-7-19(17)25-22(34)9-24-21(11-39-42-24)26(25)27-23(37)8-20-29(28(27)38)40-31(47-15-32-3-2-4-44(32)12-18(36)10-32)41-30(20)43-5-6-46-16-33(45,13-35)14-43/h8-9,11,17-19,45H,2-7,10,12-16H2,1H3,(H,39,42)/t17-,18-,19?,32+,33?/m1/s1. The predicted molar refractivity (Wildman–Crippen MR) is 169 cm³/mol. The lowest BCUT2D eigenvalue weighted by atomic mass is 9.91. The summed E-state index contributed by atoms with van der Waals surface area (Å²) >= 11 is 6.76. The fourth-order valence-electron chi connectivity index (χ4n) is 7.95. The van der Waals surface area contributed by atoms with Crippen molar-refractivity contribution in [2.24, 2.45) is 5.92 Å². The Morgan fingerprint density at radius 3 is 2.81 bits per heavy atom. The maximum absolute atomic E-state index is 17.1. The van der Waals surface area contributed by atoms with Crippen molar-refractivity contribution in [3.63, 3.8) is 0 Å². The van der Waals surface area contributed by atoms with Crippen LogP contribution in [-0.2, 0) is 4.74 Å². The first-order valence-corrected chi connectivity index (χ1v) is 16.5. The zero-order valence-electron chi connectivity index (χ0n) is 25.8. The van der Waals surface area contributed by atoms with Crippen LogP contribution >= 0.6 is 11.6 Å². The normalized spacial score (nSPS) is 29.5. The van der Waals surface area contributed by atoms with E-state index >= 15 is 8.78 Å². The Bertz CT molecular complexity index is 1880. The van der Waals surface area contributed by atoms with E-state index in [4.69, 9.17) is 21.1 Å². The Kier molecular flexibility index (Phi) is 7.54. The highest BCUT2D eigenvalue weighted by Crippen LogP contribution is 2.55. The highest BCUT2D eigenvalue weighted by molar-refractivity contribution is 6.33. The van der Waals surface area contributed by atoms with Crippen LogP contribution in [0.15, 0.2) is 18.3 Å². The number of halogens is 5. The zero-order valence-corrected chi connectivity index (χ0v) is 26.6. The van der Waals surface area contributed by atoms with Crippen molar-refractivity contribution < 1.29 is 32.1 Å². The monoisotopic (exact) mass is 674 g/mol. The lowest BCUT2D eigenvalue weighted by Gasteiger charge is -2.32. The molecule has 3 saturated heterocycles. The van der Waals surface area contributed by atoms with Crippen LogP contribution in [-0.4, -0.2) is 100 Å². The largest absolute Gasteiger partial charge is 0.461 e. The van der Waals surface area contributed by atoms with Crippen LogP contribution in [0.4, 0.5) is 23.4 Å². The van der Waals surface area contributed by atoms with Crippen molar-refractivity contribution in [3.8, 4) is 17.1 Å². The van der Waals surface area contributed by atoms with Gasteiger partial charge in [-0.3, -0.25) is 10.00 Å². The number of hydrogen-bond acceptors (Lipinski definition) is 8. The lowest BCUT2D eigenvalue weighted by molar-refractivity contribution is -0.0409. The van der Waals surface area contributed by atoms with Crippen LogP contribution in [0, 0.1) is 17.6 Å². The van der Waals surface area contributed by atoms with E-state index in [2.05, 4.69) is 32.0 Å². The van der Waals surface area contributed by atoms with E-state index in [1.165, 1.54) is 12.3 Å². The maximum atomic E-state index is 17.1. The van der Waals surface area contributed by atoms with Gasteiger partial charge in [-0.1, -0.05) is 18.5 Å². The molecule has 14 heteroatoms. The number of ether oxygens (including phenoxy) is 2. The molecule has 0 amide bonds.